The van der Waals surface area contributed by atoms with Crippen molar-refractivity contribution in [1.82, 2.24) is 4.90 Å². The Bertz CT molecular complexity index is 208. The van der Waals surface area contributed by atoms with Gasteiger partial charge in [-0.25, -0.2) is 0 Å². The first-order chi connectivity index (χ1) is 7.17. The summed E-state index contributed by atoms with van der Waals surface area (Å²) in [6, 6.07) is 0.254. The quantitative estimate of drug-likeness (QED) is 0.643. The van der Waals surface area contributed by atoms with Crippen LogP contribution in [-0.4, -0.2) is 49.8 Å². The Morgan fingerprint density at radius 1 is 1.60 bits per heavy atom. The Morgan fingerprint density at radius 3 is 2.87 bits per heavy atom. The summed E-state index contributed by atoms with van der Waals surface area (Å²) in [7, 11) is 1.74. The van der Waals surface area contributed by atoms with E-state index in [0.29, 0.717) is 19.1 Å². The second-order valence-electron chi connectivity index (χ2n) is 4.00. The van der Waals surface area contributed by atoms with Gasteiger partial charge in [-0.2, -0.15) is 0 Å². The molecule has 1 aliphatic heterocycles. The molecule has 0 aromatic rings. The van der Waals surface area contributed by atoms with E-state index in [-0.39, 0.29) is 12.0 Å². The van der Waals surface area contributed by atoms with E-state index in [2.05, 4.69) is 11.8 Å². The maximum Gasteiger partial charge on any atom is 0.307 e. The molecule has 1 saturated heterocycles. The molecule has 2 unspecified atom stereocenters. The summed E-state index contributed by atoms with van der Waals surface area (Å²) in [6.45, 7) is 6.30. The van der Waals surface area contributed by atoms with Crippen molar-refractivity contribution in [1.29, 1.82) is 0 Å². The first-order valence-corrected chi connectivity index (χ1v) is 5.59. The van der Waals surface area contributed by atoms with E-state index >= 15 is 0 Å². The van der Waals surface area contributed by atoms with Crippen LogP contribution in [0.15, 0.2) is 0 Å². The summed E-state index contributed by atoms with van der Waals surface area (Å²) in [5.74, 6) is -0.106. The number of nitrogens with zero attached hydrogens (tertiary/aromatic N) is 1. The van der Waals surface area contributed by atoms with E-state index in [9.17, 15) is 4.79 Å². The minimum atomic E-state index is -0.106. The minimum Gasteiger partial charge on any atom is -0.466 e. The molecule has 0 saturated carbocycles. The molecule has 0 amide bonds. The fourth-order valence-electron chi connectivity index (χ4n) is 1.94. The van der Waals surface area contributed by atoms with E-state index in [1.54, 1.807) is 7.11 Å². The molecule has 0 aromatic carbocycles. The van der Waals surface area contributed by atoms with Gasteiger partial charge >= 0.3 is 5.97 Å². The van der Waals surface area contributed by atoms with Crippen LogP contribution in [0.4, 0.5) is 0 Å². The highest BCUT2D eigenvalue weighted by atomic mass is 16.5. The van der Waals surface area contributed by atoms with Gasteiger partial charge in [-0.15, -0.1) is 0 Å². The summed E-state index contributed by atoms with van der Waals surface area (Å²) in [5.41, 5.74) is 0. The lowest BCUT2D eigenvalue weighted by Crippen LogP contribution is -2.34. The van der Waals surface area contributed by atoms with Gasteiger partial charge in [-0.1, -0.05) is 0 Å². The van der Waals surface area contributed by atoms with Crippen molar-refractivity contribution in [2.24, 2.45) is 0 Å². The van der Waals surface area contributed by atoms with Crippen molar-refractivity contribution < 1.29 is 14.3 Å². The monoisotopic (exact) mass is 215 g/mol. The van der Waals surface area contributed by atoms with Gasteiger partial charge in [0, 0.05) is 26.2 Å². The Morgan fingerprint density at radius 2 is 2.33 bits per heavy atom. The largest absolute Gasteiger partial charge is 0.466 e. The van der Waals surface area contributed by atoms with Gasteiger partial charge in [0.2, 0.25) is 0 Å². The van der Waals surface area contributed by atoms with Crippen molar-refractivity contribution in [3.63, 3.8) is 0 Å². The van der Waals surface area contributed by atoms with Crippen LogP contribution in [0, 0.1) is 0 Å². The lowest BCUT2D eigenvalue weighted by atomic mass is 10.2. The summed E-state index contributed by atoms with van der Waals surface area (Å²) < 4.78 is 10.2. The molecule has 1 fully saturated rings. The molecule has 0 aromatic heterocycles. The molecule has 1 rings (SSSR count). The van der Waals surface area contributed by atoms with Gasteiger partial charge in [0.05, 0.1) is 19.1 Å². The second kappa shape index (κ2) is 6.08. The second-order valence-corrected chi connectivity index (χ2v) is 4.00. The molecule has 0 radical (unpaired) electrons. The highest BCUT2D eigenvalue weighted by Crippen LogP contribution is 2.16. The van der Waals surface area contributed by atoms with Crippen LogP contribution in [0.25, 0.3) is 0 Å². The van der Waals surface area contributed by atoms with Crippen LogP contribution >= 0.6 is 0 Å². The van der Waals surface area contributed by atoms with Crippen molar-refractivity contribution >= 4 is 5.97 Å². The van der Waals surface area contributed by atoms with E-state index < -0.39 is 0 Å². The Hall–Kier alpha value is -0.610. The number of carbonyl (C=O) groups excluding carboxylic acids is 1. The lowest BCUT2D eigenvalue weighted by molar-refractivity contribution is -0.144. The zero-order chi connectivity index (χ0) is 11.3. The van der Waals surface area contributed by atoms with Crippen LogP contribution in [0.2, 0.25) is 0 Å². The molecule has 0 spiro atoms. The first-order valence-electron chi connectivity index (χ1n) is 5.59. The summed E-state index contributed by atoms with van der Waals surface area (Å²) in [6.07, 6.45) is 1.86. The maximum absolute atomic E-state index is 11.3. The van der Waals surface area contributed by atoms with Crippen LogP contribution in [0.5, 0.6) is 0 Å². The third-order valence-corrected chi connectivity index (χ3v) is 2.90. The van der Waals surface area contributed by atoms with Crippen molar-refractivity contribution in [2.45, 2.75) is 38.8 Å². The molecule has 2 atom stereocenters. The third kappa shape index (κ3) is 3.80. The van der Waals surface area contributed by atoms with Crippen LogP contribution < -0.4 is 0 Å². The normalized spacial score (nSPS) is 24.1. The molecule has 1 aliphatic rings. The molecule has 0 N–H and O–H groups in total. The molecule has 0 aliphatic carbocycles. The fourth-order valence-corrected chi connectivity index (χ4v) is 1.94. The number of hydrogen-bond donors (Lipinski definition) is 0. The minimum absolute atomic E-state index is 0.106. The number of ether oxygens (including phenoxy) is 2. The molecule has 4 heteroatoms. The van der Waals surface area contributed by atoms with Crippen molar-refractivity contribution in [3.8, 4) is 0 Å². The van der Waals surface area contributed by atoms with Gasteiger partial charge in [-0.05, 0) is 20.3 Å². The zero-order valence-electron chi connectivity index (χ0n) is 9.86. The van der Waals surface area contributed by atoms with Gasteiger partial charge in [-0.3, -0.25) is 9.69 Å². The van der Waals surface area contributed by atoms with E-state index in [4.69, 9.17) is 9.47 Å². The standard InChI is InChI=1S/C11H21NO3/c1-4-15-11(13)7-9(2)12-6-5-10(8-12)14-3/h9-10H,4-8H2,1-3H3. The predicted octanol–water partition coefficient (Wildman–Crippen LogP) is 1.05. The van der Waals surface area contributed by atoms with Crippen LogP contribution in [-0.2, 0) is 14.3 Å². The number of methoxy groups -OCH3 is 1. The highest BCUT2D eigenvalue weighted by Gasteiger charge is 2.27. The van der Waals surface area contributed by atoms with Gasteiger partial charge in [0.1, 0.15) is 0 Å². The Labute approximate surface area is 91.5 Å². The number of hydrogen-bond acceptors (Lipinski definition) is 4. The van der Waals surface area contributed by atoms with E-state index in [1.165, 1.54) is 0 Å². The molecule has 15 heavy (non-hydrogen) atoms. The topological polar surface area (TPSA) is 38.8 Å². The van der Waals surface area contributed by atoms with Crippen LogP contribution in [0.3, 0.4) is 0 Å². The Balaban J connectivity index is 2.28. The summed E-state index contributed by atoms with van der Waals surface area (Å²) in [5, 5.41) is 0. The van der Waals surface area contributed by atoms with Gasteiger partial charge in [0.25, 0.3) is 0 Å². The van der Waals surface area contributed by atoms with Gasteiger partial charge in [0.15, 0.2) is 0 Å². The molecule has 0 bridgehead atoms. The average molecular weight is 215 g/mol. The van der Waals surface area contributed by atoms with Gasteiger partial charge < -0.3 is 9.47 Å². The maximum atomic E-state index is 11.3. The van der Waals surface area contributed by atoms with Crippen LogP contribution in [0.1, 0.15) is 26.7 Å². The lowest BCUT2D eigenvalue weighted by Gasteiger charge is -2.23. The first kappa shape index (κ1) is 12.5. The number of likely N-dealkylation sites (tertiary alicyclic amines) is 1. The zero-order valence-corrected chi connectivity index (χ0v) is 9.86. The summed E-state index contributed by atoms with van der Waals surface area (Å²) in [4.78, 5) is 13.6. The average Bonchev–Trinajstić information content (AvgIpc) is 2.66. The number of rotatable bonds is 5. The van der Waals surface area contributed by atoms with Crippen molar-refractivity contribution in [3.05, 3.63) is 0 Å². The molecular formula is C11H21NO3. The Kier molecular flexibility index (Phi) is 5.05. The molecule has 88 valence electrons. The smallest absolute Gasteiger partial charge is 0.307 e. The highest BCUT2D eigenvalue weighted by molar-refractivity contribution is 5.70. The SMILES string of the molecule is CCOC(=O)CC(C)N1CCC(OC)C1. The van der Waals surface area contributed by atoms with E-state index in [1.807, 2.05) is 6.92 Å². The number of carbonyl (C=O) groups is 1. The molecular weight excluding hydrogens is 194 g/mol. The molecule has 4 nitrogen and oxygen atoms in total. The third-order valence-electron chi connectivity index (χ3n) is 2.90. The summed E-state index contributed by atoms with van der Waals surface area (Å²) >= 11 is 0. The van der Waals surface area contributed by atoms with Crippen molar-refractivity contribution in [2.75, 3.05) is 26.8 Å². The van der Waals surface area contributed by atoms with E-state index in [0.717, 1.165) is 19.5 Å². The molecule has 1 heterocycles. The number of esters is 1. The predicted molar refractivity (Wildman–Crippen MR) is 57.7 cm³/mol. The fraction of sp³-hybridized carbons (Fsp3) is 0.909.